The van der Waals surface area contributed by atoms with Crippen molar-refractivity contribution in [2.45, 2.75) is 17.9 Å². The number of hydrogen-bond donors (Lipinski definition) is 2. The molecule has 108 valence electrons. The van der Waals surface area contributed by atoms with Gasteiger partial charge in [0.1, 0.15) is 0 Å². The molecule has 0 atom stereocenters. The molecule has 2 rings (SSSR count). The normalized spacial score (nSPS) is 11.7. The molecule has 4 nitrogen and oxygen atoms in total. The van der Waals surface area contributed by atoms with E-state index >= 15 is 0 Å². The Morgan fingerprint density at radius 2 is 1.95 bits per heavy atom. The molecule has 0 spiro atoms. The zero-order valence-electron chi connectivity index (χ0n) is 10.7. The number of thiophene rings is 1. The van der Waals surface area contributed by atoms with E-state index in [2.05, 4.69) is 5.32 Å². The molecule has 1 aromatic carbocycles. The Morgan fingerprint density at radius 1 is 1.25 bits per heavy atom. The first-order chi connectivity index (χ1) is 9.45. The summed E-state index contributed by atoms with van der Waals surface area (Å²) >= 11 is 7.47. The number of nitrogens with one attached hydrogen (secondary N) is 1. The van der Waals surface area contributed by atoms with Gasteiger partial charge in [-0.3, -0.25) is 0 Å². The minimum atomic E-state index is -3.61. The third kappa shape index (κ3) is 4.57. The maximum absolute atomic E-state index is 11.1. The summed E-state index contributed by atoms with van der Waals surface area (Å²) in [6.07, 6.45) is 0.823. The van der Waals surface area contributed by atoms with Crippen molar-refractivity contribution in [3.8, 4) is 0 Å². The van der Waals surface area contributed by atoms with Gasteiger partial charge in [0.05, 0.1) is 9.92 Å². The Morgan fingerprint density at radius 3 is 2.50 bits per heavy atom. The number of hydrogen-bond acceptors (Lipinski definition) is 4. The van der Waals surface area contributed by atoms with Crippen LogP contribution in [0.1, 0.15) is 10.4 Å². The van der Waals surface area contributed by atoms with Gasteiger partial charge in [-0.2, -0.15) is 0 Å². The van der Waals surface area contributed by atoms with E-state index in [1.165, 1.54) is 17.0 Å². The first kappa shape index (κ1) is 15.5. The molecule has 20 heavy (non-hydrogen) atoms. The van der Waals surface area contributed by atoms with E-state index in [9.17, 15) is 8.42 Å². The second-order valence-electron chi connectivity index (χ2n) is 4.35. The summed E-state index contributed by atoms with van der Waals surface area (Å²) in [7, 11) is -3.61. The molecule has 0 aliphatic carbocycles. The number of primary sulfonamides is 1. The van der Waals surface area contributed by atoms with Crippen LogP contribution in [0.4, 0.5) is 0 Å². The topological polar surface area (TPSA) is 72.2 Å². The second kappa shape index (κ2) is 6.69. The van der Waals surface area contributed by atoms with Gasteiger partial charge < -0.3 is 5.32 Å². The minimum Gasteiger partial charge on any atom is -0.312 e. The minimum absolute atomic E-state index is 0.141. The van der Waals surface area contributed by atoms with E-state index in [4.69, 9.17) is 16.7 Å². The third-order valence-corrected chi connectivity index (χ3v) is 4.98. The summed E-state index contributed by atoms with van der Waals surface area (Å²) < 4.78 is 22.2. The van der Waals surface area contributed by atoms with Gasteiger partial charge in [0.2, 0.25) is 10.0 Å². The fourth-order valence-electron chi connectivity index (χ4n) is 1.74. The van der Waals surface area contributed by atoms with Gasteiger partial charge in [-0.05, 0) is 36.7 Å². The molecule has 0 saturated heterocycles. The van der Waals surface area contributed by atoms with Gasteiger partial charge in [0.15, 0.2) is 0 Å². The lowest BCUT2D eigenvalue weighted by Crippen LogP contribution is -2.16. The first-order valence-electron chi connectivity index (χ1n) is 6.00. The average molecular weight is 331 g/mol. The zero-order chi connectivity index (χ0) is 14.6. The lowest BCUT2D eigenvalue weighted by atomic mass is 10.1. The number of rotatable bonds is 6. The van der Waals surface area contributed by atoms with E-state index < -0.39 is 10.0 Å². The van der Waals surface area contributed by atoms with Crippen LogP contribution >= 0.6 is 22.9 Å². The Labute approximate surface area is 127 Å². The van der Waals surface area contributed by atoms with Crippen molar-refractivity contribution in [2.75, 3.05) is 6.54 Å². The Hall–Kier alpha value is -0.920. The van der Waals surface area contributed by atoms with Gasteiger partial charge in [-0.25, -0.2) is 13.6 Å². The quantitative estimate of drug-likeness (QED) is 0.799. The Kier molecular flexibility index (Phi) is 5.17. The molecule has 0 unspecified atom stereocenters. The predicted molar refractivity (Wildman–Crippen MR) is 82.6 cm³/mol. The molecule has 0 radical (unpaired) electrons. The highest BCUT2D eigenvalue weighted by molar-refractivity contribution is 7.89. The van der Waals surface area contributed by atoms with Crippen LogP contribution < -0.4 is 10.5 Å². The highest BCUT2D eigenvalue weighted by Crippen LogP contribution is 2.18. The number of halogens is 1. The predicted octanol–water partition coefficient (Wildman–Crippen LogP) is 2.38. The highest BCUT2D eigenvalue weighted by Gasteiger charge is 2.06. The zero-order valence-corrected chi connectivity index (χ0v) is 13.1. The van der Waals surface area contributed by atoms with Gasteiger partial charge in [-0.15, -0.1) is 11.3 Å². The first-order valence-corrected chi connectivity index (χ1v) is 8.81. The number of nitrogens with two attached hydrogens (primary N) is 1. The summed E-state index contributed by atoms with van der Waals surface area (Å²) in [5.41, 5.74) is 1.06. The molecular formula is C13H15ClN2O2S2. The molecular weight excluding hydrogens is 316 g/mol. The molecule has 0 amide bonds. The van der Waals surface area contributed by atoms with E-state index in [0.29, 0.717) is 0 Å². The molecule has 0 aliphatic rings. The molecule has 0 fully saturated rings. The van der Waals surface area contributed by atoms with Gasteiger partial charge >= 0.3 is 0 Å². The van der Waals surface area contributed by atoms with Crippen LogP contribution in [0.5, 0.6) is 0 Å². The largest absolute Gasteiger partial charge is 0.312 e. The summed E-state index contributed by atoms with van der Waals surface area (Å²) in [6.45, 7) is 1.59. The van der Waals surface area contributed by atoms with Gasteiger partial charge in [0, 0.05) is 16.8 Å². The van der Waals surface area contributed by atoms with Crippen LogP contribution in [0.25, 0.3) is 0 Å². The molecule has 7 heteroatoms. The molecule has 2 aromatic rings. The monoisotopic (exact) mass is 330 g/mol. The second-order valence-corrected chi connectivity index (χ2v) is 7.34. The highest BCUT2D eigenvalue weighted by atomic mass is 35.5. The smallest absolute Gasteiger partial charge is 0.238 e. The van der Waals surface area contributed by atoms with Crippen molar-refractivity contribution in [1.82, 2.24) is 5.32 Å². The lowest BCUT2D eigenvalue weighted by molar-refractivity contribution is 0.597. The van der Waals surface area contributed by atoms with Crippen LogP contribution in [-0.2, 0) is 23.0 Å². The van der Waals surface area contributed by atoms with Crippen molar-refractivity contribution >= 4 is 33.0 Å². The fourth-order valence-corrected chi connectivity index (χ4v) is 3.29. The van der Waals surface area contributed by atoms with E-state index in [1.54, 1.807) is 23.5 Å². The van der Waals surface area contributed by atoms with E-state index in [-0.39, 0.29) is 4.90 Å². The standard InChI is InChI=1S/C13H15ClN2O2S2/c14-11-7-12(19-9-11)8-16-6-5-10-1-3-13(4-2-10)20(15,17)18/h1-4,7,9,16H,5-6,8H2,(H2,15,17,18). The van der Waals surface area contributed by atoms with E-state index in [0.717, 1.165) is 30.1 Å². The summed E-state index contributed by atoms with van der Waals surface area (Å²) in [6, 6.07) is 8.57. The van der Waals surface area contributed by atoms with Gasteiger partial charge in [0.25, 0.3) is 0 Å². The molecule has 1 heterocycles. The maximum atomic E-state index is 11.1. The molecule has 3 N–H and O–H groups in total. The van der Waals surface area contributed by atoms with Crippen molar-refractivity contribution in [3.63, 3.8) is 0 Å². The van der Waals surface area contributed by atoms with Crippen LogP contribution in [0.3, 0.4) is 0 Å². The summed E-state index contributed by atoms with van der Waals surface area (Å²) in [4.78, 5) is 1.34. The number of sulfonamides is 1. The maximum Gasteiger partial charge on any atom is 0.238 e. The van der Waals surface area contributed by atoms with E-state index in [1.807, 2.05) is 11.4 Å². The molecule has 1 aromatic heterocycles. The third-order valence-electron chi connectivity index (χ3n) is 2.76. The fraction of sp³-hybridized carbons (Fsp3) is 0.231. The summed E-state index contributed by atoms with van der Waals surface area (Å²) in [5, 5.41) is 11.0. The Bertz CT molecular complexity index is 666. The average Bonchev–Trinajstić information content (AvgIpc) is 2.80. The van der Waals surface area contributed by atoms with Crippen molar-refractivity contribution in [1.29, 1.82) is 0 Å². The van der Waals surface area contributed by atoms with Crippen molar-refractivity contribution < 1.29 is 8.42 Å². The Balaban J connectivity index is 1.80. The lowest BCUT2D eigenvalue weighted by Gasteiger charge is -2.04. The number of benzene rings is 1. The summed E-state index contributed by atoms with van der Waals surface area (Å²) in [5.74, 6) is 0. The van der Waals surface area contributed by atoms with Crippen LogP contribution in [0.2, 0.25) is 5.02 Å². The molecule has 0 aliphatic heterocycles. The van der Waals surface area contributed by atoms with Gasteiger partial charge in [-0.1, -0.05) is 23.7 Å². The SMILES string of the molecule is NS(=O)(=O)c1ccc(CCNCc2cc(Cl)cs2)cc1. The van der Waals surface area contributed by atoms with Crippen molar-refractivity contribution in [2.24, 2.45) is 5.14 Å². The van der Waals surface area contributed by atoms with Crippen LogP contribution in [-0.4, -0.2) is 15.0 Å². The van der Waals surface area contributed by atoms with Crippen LogP contribution in [0, 0.1) is 0 Å². The van der Waals surface area contributed by atoms with Crippen molar-refractivity contribution in [3.05, 3.63) is 51.2 Å². The molecule has 0 bridgehead atoms. The van der Waals surface area contributed by atoms with Crippen LogP contribution in [0.15, 0.2) is 40.6 Å². The molecule has 0 saturated carbocycles.